The highest BCUT2D eigenvalue weighted by molar-refractivity contribution is 5.85. The zero-order valence-corrected chi connectivity index (χ0v) is 12.0. The van der Waals surface area contributed by atoms with E-state index in [1.807, 2.05) is 0 Å². The molecule has 1 aliphatic heterocycles. The van der Waals surface area contributed by atoms with Crippen molar-refractivity contribution in [1.82, 2.24) is 10.2 Å². The molecule has 1 aromatic rings. The Morgan fingerprint density at radius 1 is 1.21 bits per heavy atom. The molecule has 108 valence electrons. The van der Waals surface area contributed by atoms with Crippen LogP contribution in [0, 0.1) is 11.6 Å². The van der Waals surface area contributed by atoms with E-state index in [9.17, 15) is 8.78 Å². The van der Waals surface area contributed by atoms with Gasteiger partial charge in [-0.3, -0.25) is 4.90 Å². The number of benzene rings is 1. The maximum absolute atomic E-state index is 13.3. The molecule has 1 heterocycles. The molecule has 0 unspecified atom stereocenters. The Kier molecular flexibility index (Phi) is 6.69. The number of halogens is 3. The van der Waals surface area contributed by atoms with Gasteiger partial charge in [-0.1, -0.05) is 19.4 Å². The Balaban J connectivity index is 0.00000180. The molecule has 19 heavy (non-hydrogen) atoms. The van der Waals surface area contributed by atoms with E-state index in [1.165, 1.54) is 12.1 Å². The van der Waals surface area contributed by atoms with Gasteiger partial charge in [-0.05, 0) is 24.1 Å². The van der Waals surface area contributed by atoms with Crippen molar-refractivity contribution in [2.24, 2.45) is 0 Å². The third-order valence-electron chi connectivity index (χ3n) is 3.48. The summed E-state index contributed by atoms with van der Waals surface area (Å²) in [7, 11) is 0. The minimum absolute atomic E-state index is 0. The van der Waals surface area contributed by atoms with Gasteiger partial charge in [0.2, 0.25) is 0 Å². The molecule has 2 nitrogen and oxygen atoms in total. The molecular weight excluding hydrogens is 270 g/mol. The number of nitrogens with one attached hydrogen (secondary N) is 1. The van der Waals surface area contributed by atoms with Crippen LogP contribution in [0.3, 0.4) is 0 Å². The molecule has 0 radical (unpaired) electrons. The van der Waals surface area contributed by atoms with E-state index in [1.54, 1.807) is 6.07 Å². The van der Waals surface area contributed by atoms with Crippen LogP contribution in [-0.4, -0.2) is 31.1 Å². The van der Waals surface area contributed by atoms with Gasteiger partial charge < -0.3 is 5.32 Å². The number of rotatable bonds is 4. The van der Waals surface area contributed by atoms with E-state index < -0.39 is 11.6 Å². The van der Waals surface area contributed by atoms with Gasteiger partial charge in [0.25, 0.3) is 0 Å². The summed E-state index contributed by atoms with van der Waals surface area (Å²) in [6, 6.07) is 4.49. The molecule has 0 aliphatic carbocycles. The lowest BCUT2D eigenvalue weighted by atomic mass is 9.99. The van der Waals surface area contributed by atoms with E-state index in [-0.39, 0.29) is 18.4 Å². The van der Waals surface area contributed by atoms with Gasteiger partial charge in [-0.15, -0.1) is 12.4 Å². The smallest absolute Gasteiger partial charge is 0.159 e. The van der Waals surface area contributed by atoms with Gasteiger partial charge in [0, 0.05) is 32.2 Å². The molecule has 1 atom stereocenters. The first-order valence-electron chi connectivity index (χ1n) is 6.62. The zero-order chi connectivity index (χ0) is 13.0. The van der Waals surface area contributed by atoms with E-state index in [4.69, 9.17) is 0 Å². The topological polar surface area (TPSA) is 15.3 Å². The van der Waals surface area contributed by atoms with E-state index in [0.717, 1.165) is 44.6 Å². The molecule has 0 bridgehead atoms. The van der Waals surface area contributed by atoms with E-state index in [2.05, 4.69) is 17.1 Å². The van der Waals surface area contributed by atoms with Gasteiger partial charge in [-0.2, -0.15) is 0 Å². The van der Waals surface area contributed by atoms with Crippen molar-refractivity contribution in [2.45, 2.75) is 25.8 Å². The third kappa shape index (κ3) is 4.13. The van der Waals surface area contributed by atoms with Gasteiger partial charge >= 0.3 is 0 Å². The first kappa shape index (κ1) is 16.3. The molecule has 0 amide bonds. The van der Waals surface area contributed by atoms with Crippen molar-refractivity contribution in [2.75, 3.05) is 26.2 Å². The van der Waals surface area contributed by atoms with Crippen LogP contribution in [0.4, 0.5) is 8.78 Å². The molecule has 0 saturated carbocycles. The van der Waals surface area contributed by atoms with Crippen LogP contribution < -0.4 is 5.32 Å². The Hall–Kier alpha value is -0.710. The highest BCUT2D eigenvalue weighted by Gasteiger charge is 2.22. The zero-order valence-electron chi connectivity index (χ0n) is 11.2. The Morgan fingerprint density at radius 2 is 1.89 bits per heavy atom. The second-order valence-corrected chi connectivity index (χ2v) is 4.76. The minimum Gasteiger partial charge on any atom is -0.314 e. The summed E-state index contributed by atoms with van der Waals surface area (Å²) in [4.78, 5) is 2.35. The molecule has 1 aromatic carbocycles. The van der Waals surface area contributed by atoms with Crippen LogP contribution in [0.25, 0.3) is 0 Å². The summed E-state index contributed by atoms with van der Waals surface area (Å²) >= 11 is 0. The minimum atomic E-state index is -0.769. The molecule has 5 heteroatoms. The first-order valence-corrected chi connectivity index (χ1v) is 6.62. The average Bonchev–Trinajstić information content (AvgIpc) is 2.40. The van der Waals surface area contributed by atoms with Crippen LogP contribution >= 0.6 is 12.4 Å². The predicted molar refractivity (Wildman–Crippen MR) is 75.7 cm³/mol. The van der Waals surface area contributed by atoms with E-state index in [0.29, 0.717) is 0 Å². The van der Waals surface area contributed by atoms with Crippen molar-refractivity contribution in [1.29, 1.82) is 0 Å². The van der Waals surface area contributed by atoms with Crippen LogP contribution in [0.2, 0.25) is 0 Å². The quantitative estimate of drug-likeness (QED) is 0.916. The second kappa shape index (κ2) is 7.78. The van der Waals surface area contributed by atoms with Crippen molar-refractivity contribution in [3.8, 4) is 0 Å². The fourth-order valence-corrected chi connectivity index (χ4v) is 2.55. The van der Waals surface area contributed by atoms with E-state index >= 15 is 0 Å². The summed E-state index contributed by atoms with van der Waals surface area (Å²) < 4.78 is 26.3. The molecule has 1 N–H and O–H groups in total. The van der Waals surface area contributed by atoms with Crippen LogP contribution in [0.15, 0.2) is 18.2 Å². The van der Waals surface area contributed by atoms with Gasteiger partial charge in [0.15, 0.2) is 11.6 Å². The summed E-state index contributed by atoms with van der Waals surface area (Å²) in [6.07, 6.45) is 2.01. The highest BCUT2D eigenvalue weighted by atomic mass is 35.5. The molecule has 0 aromatic heterocycles. The molecule has 1 aliphatic rings. The predicted octanol–water partition coefficient (Wildman–Crippen LogP) is 3.13. The normalized spacial score (nSPS) is 17.8. The maximum atomic E-state index is 13.3. The van der Waals surface area contributed by atoms with Crippen molar-refractivity contribution >= 4 is 12.4 Å². The lowest BCUT2D eigenvalue weighted by Crippen LogP contribution is -2.45. The van der Waals surface area contributed by atoms with Gasteiger partial charge in [0.1, 0.15) is 0 Å². The standard InChI is InChI=1S/C14H20F2N2.ClH/c1-2-3-14(18-8-6-17-7-9-18)11-4-5-12(15)13(16)10-11;/h4-5,10,14,17H,2-3,6-9H2,1H3;1H/t14-;/m1./s1. The van der Waals surface area contributed by atoms with Crippen LogP contribution in [-0.2, 0) is 0 Å². The SMILES string of the molecule is CCC[C@H](c1ccc(F)c(F)c1)N1CCNCC1.Cl. The van der Waals surface area contributed by atoms with Crippen molar-refractivity contribution < 1.29 is 8.78 Å². The summed E-state index contributed by atoms with van der Waals surface area (Å²) in [5, 5.41) is 3.31. The molecule has 2 rings (SSSR count). The Labute approximate surface area is 119 Å². The number of hydrogen-bond donors (Lipinski definition) is 1. The second-order valence-electron chi connectivity index (χ2n) is 4.76. The van der Waals surface area contributed by atoms with Crippen LogP contribution in [0.5, 0.6) is 0 Å². The van der Waals surface area contributed by atoms with Crippen molar-refractivity contribution in [3.63, 3.8) is 0 Å². The number of nitrogens with zero attached hydrogens (tertiary/aromatic N) is 1. The molecular formula is C14H21ClF2N2. The maximum Gasteiger partial charge on any atom is 0.159 e. The Bertz CT molecular complexity index is 395. The molecule has 1 saturated heterocycles. The summed E-state index contributed by atoms with van der Waals surface area (Å²) in [6.45, 7) is 5.97. The number of hydrogen-bond acceptors (Lipinski definition) is 2. The molecule has 0 spiro atoms. The largest absolute Gasteiger partial charge is 0.314 e. The lowest BCUT2D eigenvalue weighted by Gasteiger charge is -2.35. The van der Waals surface area contributed by atoms with Crippen molar-refractivity contribution in [3.05, 3.63) is 35.4 Å². The van der Waals surface area contributed by atoms with Gasteiger partial charge in [0.05, 0.1) is 0 Å². The monoisotopic (exact) mass is 290 g/mol. The highest BCUT2D eigenvalue weighted by Crippen LogP contribution is 2.27. The third-order valence-corrected chi connectivity index (χ3v) is 3.48. The summed E-state index contributed by atoms with van der Waals surface area (Å²) in [5.74, 6) is -1.52. The summed E-state index contributed by atoms with van der Waals surface area (Å²) in [5.41, 5.74) is 0.887. The number of piperazine rings is 1. The Morgan fingerprint density at radius 3 is 2.47 bits per heavy atom. The lowest BCUT2D eigenvalue weighted by molar-refractivity contribution is 0.164. The first-order chi connectivity index (χ1) is 8.72. The van der Waals surface area contributed by atoms with Gasteiger partial charge in [-0.25, -0.2) is 8.78 Å². The average molecular weight is 291 g/mol. The fourth-order valence-electron chi connectivity index (χ4n) is 2.55. The van der Waals surface area contributed by atoms with Crippen LogP contribution in [0.1, 0.15) is 31.4 Å². The fraction of sp³-hybridized carbons (Fsp3) is 0.571. The molecule has 1 fully saturated rings.